The van der Waals surface area contributed by atoms with Crippen molar-refractivity contribution < 1.29 is 9.53 Å². The van der Waals surface area contributed by atoms with E-state index >= 15 is 0 Å². The van der Waals surface area contributed by atoms with Crippen LogP contribution in [0.15, 0.2) is 22.7 Å². The van der Waals surface area contributed by atoms with Crippen LogP contribution in [0.2, 0.25) is 0 Å². The number of amides is 2. The van der Waals surface area contributed by atoms with Crippen molar-refractivity contribution in [3.8, 4) is 5.75 Å². The molecule has 1 heterocycles. The Morgan fingerprint density at radius 3 is 3.00 bits per heavy atom. The lowest BCUT2D eigenvalue weighted by Gasteiger charge is -2.15. The minimum Gasteiger partial charge on any atom is -0.491 e. The number of ether oxygens (including phenoxy) is 1. The molecule has 116 valence electrons. The number of hydrogen-bond acceptors (Lipinski definition) is 3. The molecule has 2 N–H and O–H groups in total. The number of halogens is 1. The Hall–Kier alpha value is -1.27. The molecule has 0 saturated carbocycles. The third kappa shape index (κ3) is 4.89. The number of hydrogen-bond donors (Lipinski definition) is 2. The molecule has 0 aliphatic carbocycles. The summed E-state index contributed by atoms with van der Waals surface area (Å²) in [6.07, 6.45) is 1.13. The van der Waals surface area contributed by atoms with Crippen molar-refractivity contribution in [1.29, 1.82) is 0 Å². The predicted octanol–water partition coefficient (Wildman–Crippen LogP) is 2.35. The van der Waals surface area contributed by atoms with Gasteiger partial charge in [-0.1, -0.05) is 13.0 Å². The molecule has 0 aromatic heterocycles. The van der Waals surface area contributed by atoms with Gasteiger partial charge in [0.15, 0.2) is 0 Å². The van der Waals surface area contributed by atoms with Crippen LogP contribution in [0, 0.1) is 0 Å². The van der Waals surface area contributed by atoms with Gasteiger partial charge >= 0.3 is 6.03 Å². The number of nitrogens with zero attached hydrogens (tertiary/aromatic N) is 1. The molecule has 1 aliphatic heterocycles. The standard InChI is InChI=1S/C15H22BrN3O2/c1-2-5-17-11-12-3-4-14(13(16)10-12)21-9-8-19-7-6-18-15(19)20/h3-4,10,17H,2,5-9,11H2,1H3,(H,18,20). The van der Waals surface area contributed by atoms with E-state index in [0.29, 0.717) is 13.2 Å². The average molecular weight is 356 g/mol. The maximum Gasteiger partial charge on any atom is 0.317 e. The summed E-state index contributed by atoms with van der Waals surface area (Å²) in [5, 5.41) is 6.15. The second-order valence-electron chi connectivity index (χ2n) is 5.01. The van der Waals surface area contributed by atoms with E-state index in [1.165, 1.54) is 5.56 Å². The summed E-state index contributed by atoms with van der Waals surface area (Å²) in [6.45, 7) is 6.62. The minimum absolute atomic E-state index is 0.00462. The molecule has 1 fully saturated rings. The van der Waals surface area contributed by atoms with E-state index in [-0.39, 0.29) is 6.03 Å². The van der Waals surface area contributed by atoms with E-state index in [0.717, 1.165) is 42.8 Å². The monoisotopic (exact) mass is 355 g/mol. The number of carbonyl (C=O) groups is 1. The zero-order valence-electron chi connectivity index (χ0n) is 12.3. The van der Waals surface area contributed by atoms with Crippen molar-refractivity contribution >= 4 is 22.0 Å². The fourth-order valence-corrected chi connectivity index (χ4v) is 2.71. The van der Waals surface area contributed by atoms with Crippen LogP contribution in [0.1, 0.15) is 18.9 Å². The predicted molar refractivity (Wildman–Crippen MR) is 86.6 cm³/mol. The molecule has 6 heteroatoms. The smallest absolute Gasteiger partial charge is 0.317 e. The topological polar surface area (TPSA) is 53.6 Å². The number of benzene rings is 1. The average Bonchev–Trinajstić information content (AvgIpc) is 2.87. The Labute approximate surface area is 134 Å². The number of urea groups is 1. The van der Waals surface area contributed by atoms with Gasteiger partial charge < -0.3 is 20.3 Å². The van der Waals surface area contributed by atoms with Crippen LogP contribution in [0.3, 0.4) is 0 Å². The third-order valence-electron chi connectivity index (χ3n) is 3.32. The second-order valence-corrected chi connectivity index (χ2v) is 5.86. The van der Waals surface area contributed by atoms with Crippen molar-refractivity contribution in [3.63, 3.8) is 0 Å². The Balaban J connectivity index is 1.79. The summed E-state index contributed by atoms with van der Waals surface area (Å²) in [5.41, 5.74) is 1.22. The molecule has 1 aromatic rings. The van der Waals surface area contributed by atoms with Gasteiger partial charge in [0.1, 0.15) is 12.4 Å². The van der Waals surface area contributed by atoms with E-state index in [4.69, 9.17) is 4.74 Å². The molecule has 21 heavy (non-hydrogen) atoms. The fourth-order valence-electron chi connectivity index (χ4n) is 2.17. The van der Waals surface area contributed by atoms with Crippen molar-refractivity contribution in [1.82, 2.24) is 15.5 Å². The summed E-state index contributed by atoms with van der Waals surface area (Å²) in [4.78, 5) is 13.2. The molecule has 2 rings (SSSR count). The van der Waals surface area contributed by atoms with Crippen molar-refractivity contribution in [2.75, 3.05) is 32.8 Å². The first kappa shape index (κ1) is 16.1. The van der Waals surface area contributed by atoms with Gasteiger partial charge in [0.25, 0.3) is 0 Å². The van der Waals surface area contributed by atoms with Gasteiger partial charge in [-0.15, -0.1) is 0 Å². The first-order chi connectivity index (χ1) is 10.2. The zero-order valence-corrected chi connectivity index (χ0v) is 13.9. The van der Waals surface area contributed by atoms with Crippen LogP contribution in [-0.2, 0) is 6.54 Å². The highest BCUT2D eigenvalue weighted by molar-refractivity contribution is 9.10. The quantitative estimate of drug-likeness (QED) is 0.703. The van der Waals surface area contributed by atoms with E-state index in [1.54, 1.807) is 4.90 Å². The Morgan fingerprint density at radius 2 is 2.33 bits per heavy atom. The van der Waals surface area contributed by atoms with Crippen LogP contribution in [0.4, 0.5) is 4.79 Å². The number of carbonyl (C=O) groups excluding carboxylic acids is 1. The van der Waals surface area contributed by atoms with E-state index in [2.05, 4.69) is 45.6 Å². The summed E-state index contributed by atoms with van der Waals surface area (Å²) in [6, 6.07) is 6.10. The van der Waals surface area contributed by atoms with Crippen molar-refractivity contribution in [2.45, 2.75) is 19.9 Å². The molecule has 1 saturated heterocycles. The highest BCUT2D eigenvalue weighted by Crippen LogP contribution is 2.26. The molecule has 0 unspecified atom stereocenters. The number of rotatable bonds is 8. The second kappa shape index (κ2) is 8.24. The summed E-state index contributed by atoms with van der Waals surface area (Å²) < 4.78 is 6.69. The van der Waals surface area contributed by atoms with Crippen LogP contribution < -0.4 is 15.4 Å². The van der Waals surface area contributed by atoms with Crippen LogP contribution in [0.25, 0.3) is 0 Å². The van der Waals surface area contributed by atoms with Gasteiger partial charge in [0.05, 0.1) is 11.0 Å². The molecular formula is C15H22BrN3O2. The molecule has 0 spiro atoms. The van der Waals surface area contributed by atoms with Gasteiger partial charge in [-0.05, 0) is 46.6 Å². The van der Waals surface area contributed by atoms with E-state index in [1.807, 2.05) is 6.07 Å². The Morgan fingerprint density at radius 1 is 1.48 bits per heavy atom. The lowest BCUT2D eigenvalue weighted by atomic mass is 10.2. The molecule has 5 nitrogen and oxygen atoms in total. The molecule has 0 bridgehead atoms. The summed E-state index contributed by atoms with van der Waals surface area (Å²) in [7, 11) is 0. The number of nitrogens with one attached hydrogen (secondary N) is 2. The molecule has 0 radical (unpaired) electrons. The highest BCUT2D eigenvalue weighted by atomic mass is 79.9. The van der Waals surface area contributed by atoms with Crippen LogP contribution in [0.5, 0.6) is 5.75 Å². The largest absolute Gasteiger partial charge is 0.491 e. The SMILES string of the molecule is CCCNCc1ccc(OCCN2CCNC2=O)c(Br)c1. The highest BCUT2D eigenvalue weighted by Gasteiger charge is 2.18. The summed E-state index contributed by atoms with van der Waals surface area (Å²) >= 11 is 3.54. The Kier molecular flexibility index (Phi) is 6.32. The summed E-state index contributed by atoms with van der Waals surface area (Å²) in [5.74, 6) is 0.814. The normalized spacial score (nSPS) is 14.4. The van der Waals surface area contributed by atoms with Crippen molar-refractivity contribution in [3.05, 3.63) is 28.2 Å². The van der Waals surface area contributed by atoms with Crippen LogP contribution >= 0.6 is 15.9 Å². The lowest BCUT2D eigenvalue weighted by molar-refractivity contribution is 0.202. The third-order valence-corrected chi connectivity index (χ3v) is 3.94. The van der Waals surface area contributed by atoms with Gasteiger partial charge in [0.2, 0.25) is 0 Å². The lowest BCUT2D eigenvalue weighted by Crippen LogP contribution is -2.31. The van der Waals surface area contributed by atoms with Gasteiger partial charge in [-0.25, -0.2) is 4.79 Å². The van der Waals surface area contributed by atoms with Gasteiger partial charge in [-0.3, -0.25) is 0 Å². The molecular weight excluding hydrogens is 334 g/mol. The maximum atomic E-state index is 11.4. The van der Waals surface area contributed by atoms with Gasteiger partial charge in [-0.2, -0.15) is 0 Å². The van der Waals surface area contributed by atoms with Crippen molar-refractivity contribution in [2.24, 2.45) is 0 Å². The Bertz CT molecular complexity index is 482. The van der Waals surface area contributed by atoms with E-state index in [9.17, 15) is 4.79 Å². The maximum absolute atomic E-state index is 11.4. The minimum atomic E-state index is -0.00462. The van der Waals surface area contributed by atoms with Gasteiger partial charge in [0, 0.05) is 19.6 Å². The zero-order chi connectivity index (χ0) is 15.1. The molecule has 1 aliphatic rings. The molecule has 2 amide bonds. The molecule has 1 aromatic carbocycles. The first-order valence-corrected chi connectivity index (χ1v) is 8.14. The first-order valence-electron chi connectivity index (χ1n) is 7.35. The molecule has 0 atom stereocenters. The fraction of sp³-hybridized carbons (Fsp3) is 0.533. The van der Waals surface area contributed by atoms with Crippen LogP contribution in [-0.4, -0.2) is 43.7 Å². The van der Waals surface area contributed by atoms with E-state index < -0.39 is 0 Å².